The van der Waals surface area contributed by atoms with E-state index in [1.807, 2.05) is 0 Å². The van der Waals surface area contributed by atoms with Gasteiger partial charge in [0.2, 0.25) is 5.95 Å². The summed E-state index contributed by atoms with van der Waals surface area (Å²) in [5.41, 5.74) is 2.08. The first-order valence-corrected chi connectivity index (χ1v) is 3.62. The minimum absolute atomic E-state index is 0.252. The summed E-state index contributed by atoms with van der Waals surface area (Å²) in [5, 5.41) is 0. The van der Waals surface area contributed by atoms with Crippen molar-refractivity contribution in [2.24, 2.45) is 0 Å². The SMILES string of the molecule is O=[SH](=O)OONc1ncc[nH]1. The number of nitrogens with one attached hydrogen (secondary N) is 2. The molecule has 0 saturated heterocycles. The Morgan fingerprint density at radius 1 is 1.64 bits per heavy atom. The predicted molar refractivity (Wildman–Crippen MR) is 34.7 cm³/mol. The number of thiol groups is 1. The topological polar surface area (TPSA) is 93.3 Å². The smallest absolute Gasteiger partial charge is 0.285 e. The van der Waals surface area contributed by atoms with Crippen LogP contribution in [0.25, 0.3) is 0 Å². The van der Waals surface area contributed by atoms with Crippen molar-refractivity contribution in [1.82, 2.24) is 9.97 Å². The third-order valence-electron chi connectivity index (χ3n) is 0.735. The van der Waals surface area contributed by atoms with Gasteiger partial charge in [-0.2, -0.15) is 0 Å². The maximum Gasteiger partial charge on any atom is 0.285 e. The average molecular weight is 179 g/mol. The zero-order chi connectivity index (χ0) is 8.10. The lowest BCUT2D eigenvalue weighted by atomic mass is 11.0. The molecule has 0 spiro atoms. The Labute approximate surface area is 63.4 Å². The van der Waals surface area contributed by atoms with Gasteiger partial charge in [-0.3, -0.25) is 0 Å². The van der Waals surface area contributed by atoms with E-state index in [4.69, 9.17) is 0 Å². The monoisotopic (exact) mass is 179 g/mol. The van der Waals surface area contributed by atoms with Crippen molar-refractivity contribution in [3.63, 3.8) is 0 Å². The Morgan fingerprint density at radius 3 is 3.00 bits per heavy atom. The van der Waals surface area contributed by atoms with Gasteiger partial charge in [-0.15, -0.1) is 0 Å². The Hall–Kier alpha value is -1.12. The van der Waals surface area contributed by atoms with Crippen LogP contribution in [0.4, 0.5) is 5.95 Å². The predicted octanol–water partition coefficient (Wildman–Crippen LogP) is -0.789. The molecule has 0 aliphatic carbocycles. The van der Waals surface area contributed by atoms with Crippen molar-refractivity contribution >= 4 is 16.9 Å². The van der Waals surface area contributed by atoms with Gasteiger partial charge in [0, 0.05) is 12.4 Å². The lowest BCUT2D eigenvalue weighted by molar-refractivity contribution is -0.169. The zero-order valence-electron chi connectivity index (χ0n) is 5.18. The summed E-state index contributed by atoms with van der Waals surface area (Å²) in [4.78, 5) is 10.2. The number of aromatic amines is 1. The molecule has 1 aromatic rings. The van der Waals surface area contributed by atoms with Crippen LogP contribution in [-0.2, 0) is 20.3 Å². The molecule has 0 unspecified atom stereocenters. The zero-order valence-corrected chi connectivity index (χ0v) is 6.08. The molecule has 0 aliphatic heterocycles. The first-order chi connectivity index (χ1) is 5.29. The second kappa shape index (κ2) is 3.91. The minimum Gasteiger partial charge on any atom is -0.329 e. The Morgan fingerprint density at radius 2 is 2.45 bits per heavy atom. The van der Waals surface area contributed by atoms with E-state index < -0.39 is 11.0 Å². The van der Waals surface area contributed by atoms with Crippen molar-refractivity contribution in [3.8, 4) is 0 Å². The van der Waals surface area contributed by atoms with Gasteiger partial charge in [-0.05, 0) is 0 Å². The molecule has 2 N–H and O–H groups in total. The lowest BCUT2D eigenvalue weighted by Gasteiger charge is -1.95. The van der Waals surface area contributed by atoms with Crippen LogP contribution in [0.15, 0.2) is 12.4 Å². The molecule has 0 radical (unpaired) electrons. The number of aromatic nitrogens is 2. The van der Waals surface area contributed by atoms with E-state index in [1.165, 1.54) is 12.4 Å². The van der Waals surface area contributed by atoms with Crippen molar-refractivity contribution in [1.29, 1.82) is 0 Å². The van der Waals surface area contributed by atoms with Crippen molar-refractivity contribution in [2.75, 3.05) is 5.48 Å². The first-order valence-electron chi connectivity index (χ1n) is 2.52. The molecule has 8 heteroatoms. The standard InChI is InChI=1S/C3H5N3O4S/c7-11(8)10-9-6-3-4-1-2-5-3/h1-2,11H,(H2,4,5,6). The van der Waals surface area contributed by atoms with Crippen LogP contribution in [0.5, 0.6) is 0 Å². The molecule has 0 aromatic carbocycles. The molecular weight excluding hydrogens is 174 g/mol. The fourth-order valence-corrected chi connectivity index (χ4v) is 0.508. The van der Waals surface area contributed by atoms with Gasteiger partial charge in [-0.1, -0.05) is 9.32 Å². The molecule has 0 amide bonds. The normalized spacial score (nSPS) is 10.3. The summed E-state index contributed by atoms with van der Waals surface area (Å²) >= 11 is 0. The Bertz CT molecular complexity index is 260. The average Bonchev–Trinajstić information content (AvgIpc) is 2.39. The molecular formula is C3H5N3O4S. The minimum atomic E-state index is -3.01. The van der Waals surface area contributed by atoms with Crippen molar-refractivity contribution in [2.45, 2.75) is 0 Å². The van der Waals surface area contributed by atoms with E-state index in [1.54, 1.807) is 0 Å². The molecule has 0 bridgehead atoms. The van der Waals surface area contributed by atoms with E-state index in [0.29, 0.717) is 0 Å². The number of anilines is 1. The maximum absolute atomic E-state index is 9.75. The van der Waals surface area contributed by atoms with Gasteiger partial charge in [0.05, 0.1) is 0 Å². The fraction of sp³-hybridized carbons (Fsp3) is 0. The quantitative estimate of drug-likeness (QED) is 0.318. The van der Waals surface area contributed by atoms with Crippen LogP contribution in [0.3, 0.4) is 0 Å². The highest BCUT2D eigenvalue weighted by molar-refractivity contribution is 7.67. The van der Waals surface area contributed by atoms with Gasteiger partial charge < -0.3 is 4.98 Å². The molecule has 1 aromatic heterocycles. The summed E-state index contributed by atoms with van der Waals surface area (Å²) in [7, 11) is -3.01. The number of imidazole rings is 1. The van der Waals surface area contributed by atoms with E-state index in [-0.39, 0.29) is 5.95 Å². The third-order valence-corrected chi connectivity index (χ3v) is 0.931. The van der Waals surface area contributed by atoms with Gasteiger partial charge >= 0.3 is 0 Å². The molecule has 0 fully saturated rings. The highest BCUT2D eigenvalue weighted by Gasteiger charge is 1.92. The summed E-state index contributed by atoms with van der Waals surface area (Å²) in [6.45, 7) is 0. The second-order valence-electron chi connectivity index (χ2n) is 1.42. The molecule has 1 heterocycles. The molecule has 0 saturated carbocycles. The van der Waals surface area contributed by atoms with Gasteiger partial charge in [-0.25, -0.2) is 18.9 Å². The Balaban J connectivity index is 2.24. The molecule has 1 rings (SSSR count). The Kier molecular flexibility index (Phi) is 2.83. The summed E-state index contributed by atoms with van der Waals surface area (Å²) in [6.07, 6.45) is 2.99. The summed E-state index contributed by atoms with van der Waals surface area (Å²) in [5.74, 6) is 0.252. The first kappa shape index (κ1) is 7.98. The lowest BCUT2D eigenvalue weighted by Crippen LogP contribution is -2.02. The number of nitrogens with zero attached hydrogens (tertiary/aromatic N) is 1. The van der Waals surface area contributed by atoms with Crippen LogP contribution < -0.4 is 5.48 Å². The fourth-order valence-electron chi connectivity index (χ4n) is 0.410. The van der Waals surface area contributed by atoms with Crippen LogP contribution in [0.2, 0.25) is 0 Å². The number of H-pyrrole nitrogens is 1. The summed E-state index contributed by atoms with van der Waals surface area (Å²) < 4.78 is 23.2. The molecule has 11 heavy (non-hydrogen) atoms. The molecule has 0 atom stereocenters. The van der Waals surface area contributed by atoms with Crippen LogP contribution in [0.1, 0.15) is 0 Å². The van der Waals surface area contributed by atoms with E-state index in [2.05, 4.69) is 24.8 Å². The van der Waals surface area contributed by atoms with E-state index >= 15 is 0 Å². The van der Waals surface area contributed by atoms with Gasteiger partial charge in [0.1, 0.15) is 0 Å². The second-order valence-corrected chi connectivity index (χ2v) is 2.02. The number of hydrogen-bond acceptors (Lipinski definition) is 6. The van der Waals surface area contributed by atoms with E-state index in [0.717, 1.165) is 0 Å². The highest BCUT2D eigenvalue weighted by Crippen LogP contribution is 1.93. The molecule has 62 valence electrons. The van der Waals surface area contributed by atoms with Crippen molar-refractivity contribution in [3.05, 3.63) is 12.4 Å². The van der Waals surface area contributed by atoms with Crippen LogP contribution in [0, 0.1) is 0 Å². The summed E-state index contributed by atoms with van der Waals surface area (Å²) in [6, 6.07) is 0. The number of rotatable bonds is 4. The van der Waals surface area contributed by atoms with Gasteiger partial charge in [0.15, 0.2) is 0 Å². The van der Waals surface area contributed by atoms with Crippen LogP contribution >= 0.6 is 0 Å². The maximum atomic E-state index is 9.75. The van der Waals surface area contributed by atoms with Gasteiger partial charge in [0.25, 0.3) is 11.0 Å². The van der Waals surface area contributed by atoms with E-state index in [9.17, 15) is 8.42 Å². The largest absolute Gasteiger partial charge is 0.329 e. The molecule has 7 nitrogen and oxygen atoms in total. The molecule has 0 aliphatic rings. The highest BCUT2D eigenvalue weighted by atomic mass is 32.2. The number of hydrogen-bond donors (Lipinski definition) is 3. The van der Waals surface area contributed by atoms with Crippen LogP contribution in [-0.4, -0.2) is 18.4 Å². The van der Waals surface area contributed by atoms with Crippen molar-refractivity contribution < 1.29 is 17.7 Å². The third kappa shape index (κ3) is 2.98.